The molecule has 0 aliphatic rings. The van der Waals surface area contributed by atoms with Gasteiger partial charge in [-0.05, 0) is 31.2 Å². The highest BCUT2D eigenvalue weighted by Crippen LogP contribution is 2.27. The third-order valence-electron chi connectivity index (χ3n) is 3.25. The number of hydrogen-bond acceptors (Lipinski definition) is 4. The lowest BCUT2D eigenvalue weighted by Gasteiger charge is -1.97. The second kappa shape index (κ2) is 5.25. The molecule has 0 aliphatic carbocycles. The van der Waals surface area contributed by atoms with Gasteiger partial charge >= 0.3 is 0 Å². The maximum atomic E-state index is 11.3. The first-order valence-corrected chi connectivity index (χ1v) is 6.51. The fourth-order valence-electron chi connectivity index (χ4n) is 2.05. The number of nitrogens with zero attached hydrogens (tertiary/aromatic N) is 1. The van der Waals surface area contributed by atoms with Gasteiger partial charge in [0.1, 0.15) is 11.4 Å². The molecule has 0 unspecified atom stereocenters. The molecule has 0 spiro atoms. The Hall–Kier alpha value is -2.88. The van der Waals surface area contributed by atoms with Crippen molar-refractivity contribution < 1.29 is 14.4 Å². The van der Waals surface area contributed by atoms with Gasteiger partial charge in [-0.2, -0.15) is 0 Å². The van der Waals surface area contributed by atoms with Gasteiger partial charge in [0.25, 0.3) is 0 Å². The highest BCUT2D eigenvalue weighted by Gasteiger charge is 2.09. The summed E-state index contributed by atoms with van der Waals surface area (Å²) in [5.41, 5.74) is 3.09. The first-order valence-electron chi connectivity index (χ1n) is 6.51. The van der Waals surface area contributed by atoms with Crippen molar-refractivity contribution in [3.8, 4) is 28.3 Å². The van der Waals surface area contributed by atoms with Gasteiger partial charge in [0, 0.05) is 22.8 Å². The maximum absolute atomic E-state index is 11.3. The van der Waals surface area contributed by atoms with Gasteiger partial charge in [0.2, 0.25) is 0 Å². The van der Waals surface area contributed by atoms with Crippen LogP contribution in [0.25, 0.3) is 22.6 Å². The number of phenolic OH excluding ortho intramolecular Hbond substituents is 1. The van der Waals surface area contributed by atoms with E-state index in [0.29, 0.717) is 17.0 Å². The zero-order chi connectivity index (χ0) is 14.8. The Kier molecular flexibility index (Phi) is 3.28. The van der Waals surface area contributed by atoms with Crippen molar-refractivity contribution in [1.82, 2.24) is 5.16 Å². The number of hydrogen-bond donors (Lipinski definition) is 1. The number of rotatable bonds is 3. The molecule has 1 N–H and O–H groups in total. The zero-order valence-corrected chi connectivity index (χ0v) is 11.4. The number of benzene rings is 2. The number of carbonyl (C=O) groups excluding carboxylic acids is 1. The van der Waals surface area contributed by atoms with Gasteiger partial charge in [-0.25, -0.2) is 0 Å². The summed E-state index contributed by atoms with van der Waals surface area (Å²) < 4.78 is 5.32. The van der Waals surface area contributed by atoms with Crippen LogP contribution in [0.2, 0.25) is 0 Å². The minimum atomic E-state index is 0.0338. The van der Waals surface area contributed by atoms with Gasteiger partial charge in [0.15, 0.2) is 11.5 Å². The van der Waals surface area contributed by atoms with Crippen molar-refractivity contribution in [3.63, 3.8) is 0 Å². The molecule has 0 atom stereocenters. The molecule has 0 saturated carbocycles. The average Bonchev–Trinajstić information content (AvgIpc) is 2.98. The lowest BCUT2D eigenvalue weighted by Crippen LogP contribution is -1.90. The van der Waals surface area contributed by atoms with E-state index in [1.165, 1.54) is 6.92 Å². The van der Waals surface area contributed by atoms with Crippen LogP contribution < -0.4 is 0 Å². The predicted molar refractivity (Wildman–Crippen MR) is 79.0 cm³/mol. The number of carbonyl (C=O) groups is 1. The van der Waals surface area contributed by atoms with Crippen LogP contribution in [0.15, 0.2) is 59.1 Å². The Morgan fingerprint density at radius 1 is 1.00 bits per heavy atom. The van der Waals surface area contributed by atoms with Crippen molar-refractivity contribution in [3.05, 3.63) is 60.2 Å². The second-order valence-corrected chi connectivity index (χ2v) is 4.76. The lowest BCUT2D eigenvalue weighted by atomic mass is 10.1. The summed E-state index contributed by atoms with van der Waals surface area (Å²) in [5, 5.41) is 13.3. The van der Waals surface area contributed by atoms with Gasteiger partial charge in [-0.3, -0.25) is 4.79 Å². The van der Waals surface area contributed by atoms with E-state index in [4.69, 9.17) is 4.52 Å². The standard InChI is InChI=1S/C17H13NO3/c1-11(19)12-2-4-13(5-3-12)16-10-17(21-18-16)14-6-8-15(20)9-7-14/h2-10,20H,1H3. The summed E-state index contributed by atoms with van der Waals surface area (Å²) in [6, 6.07) is 15.8. The monoisotopic (exact) mass is 279 g/mol. The molecule has 3 aromatic rings. The molecule has 1 aromatic heterocycles. The van der Waals surface area contributed by atoms with E-state index in [-0.39, 0.29) is 11.5 Å². The van der Waals surface area contributed by atoms with Gasteiger partial charge in [0.05, 0.1) is 0 Å². The van der Waals surface area contributed by atoms with Gasteiger partial charge < -0.3 is 9.63 Å². The van der Waals surface area contributed by atoms with Gasteiger partial charge in [-0.1, -0.05) is 29.4 Å². The Labute approximate surface area is 121 Å². The molecule has 0 radical (unpaired) electrons. The fourth-order valence-corrected chi connectivity index (χ4v) is 2.05. The molecule has 3 rings (SSSR count). The van der Waals surface area contributed by atoms with Crippen molar-refractivity contribution >= 4 is 5.78 Å². The maximum Gasteiger partial charge on any atom is 0.167 e. The quantitative estimate of drug-likeness (QED) is 0.738. The third kappa shape index (κ3) is 2.69. The highest BCUT2D eigenvalue weighted by molar-refractivity contribution is 5.94. The van der Waals surface area contributed by atoms with Crippen molar-refractivity contribution in [2.75, 3.05) is 0 Å². The normalized spacial score (nSPS) is 10.5. The van der Waals surface area contributed by atoms with E-state index in [9.17, 15) is 9.90 Å². The average molecular weight is 279 g/mol. The van der Waals surface area contributed by atoms with E-state index >= 15 is 0 Å². The number of aromatic hydroxyl groups is 1. The van der Waals surface area contributed by atoms with Crippen LogP contribution in [0, 0.1) is 0 Å². The smallest absolute Gasteiger partial charge is 0.167 e. The summed E-state index contributed by atoms with van der Waals surface area (Å²) in [7, 11) is 0. The van der Waals surface area contributed by atoms with Crippen LogP contribution in [-0.2, 0) is 0 Å². The molecule has 4 nitrogen and oxygen atoms in total. The van der Waals surface area contributed by atoms with E-state index in [1.807, 2.05) is 18.2 Å². The van der Waals surface area contributed by atoms with Crippen LogP contribution in [0.5, 0.6) is 5.75 Å². The van der Waals surface area contributed by atoms with Gasteiger partial charge in [-0.15, -0.1) is 0 Å². The Balaban J connectivity index is 1.90. The van der Waals surface area contributed by atoms with Crippen LogP contribution in [0.3, 0.4) is 0 Å². The summed E-state index contributed by atoms with van der Waals surface area (Å²) in [6.07, 6.45) is 0. The third-order valence-corrected chi connectivity index (χ3v) is 3.25. The molecule has 2 aromatic carbocycles. The van der Waals surface area contributed by atoms with Crippen LogP contribution >= 0.6 is 0 Å². The summed E-state index contributed by atoms with van der Waals surface area (Å²) in [6.45, 7) is 1.54. The zero-order valence-electron chi connectivity index (χ0n) is 11.4. The summed E-state index contributed by atoms with van der Waals surface area (Å²) in [5.74, 6) is 0.866. The highest BCUT2D eigenvalue weighted by atomic mass is 16.5. The van der Waals surface area contributed by atoms with Crippen molar-refractivity contribution in [2.24, 2.45) is 0 Å². The molecule has 104 valence electrons. The number of Topliss-reactive ketones (excluding diaryl/α,β-unsaturated/α-hetero) is 1. The number of phenols is 1. The second-order valence-electron chi connectivity index (χ2n) is 4.76. The summed E-state index contributed by atoms with van der Waals surface area (Å²) in [4.78, 5) is 11.3. The fraction of sp³-hybridized carbons (Fsp3) is 0.0588. The molecule has 0 fully saturated rings. The topological polar surface area (TPSA) is 63.3 Å². The molecule has 0 saturated heterocycles. The predicted octanol–water partition coefficient (Wildman–Crippen LogP) is 3.92. The first-order chi connectivity index (χ1) is 10.1. The largest absolute Gasteiger partial charge is 0.508 e. The molecule has 0 bridgehead atoms. The molecule has 0 aliphatic heterocycles. The minimum Gasteiger partial charge on any atom is -0.508 e. The molecule has 21 heavy (non-hydrogen) atoms. The first kappa shape index (κ1) is 13.1. The van der Waals surface area contributed by atoms with Crippen molar-refractivity contribution in [2.45, 2.75) is 6.92 Å². The van der Waals surface area contributed by atoms with Crippen LogP contribution in [0.4, 0.5) is 0 Å². The molecular formula is C17H13NO3. The minimum absolute atomic E-state index is 0.0338. The van der Waals surface area contributed by atoms with E-state index in [1.54, 1.807) is 36.4 Å². The molecule has 1 heterocycles. The van der Waals surface area contributed by atoms with E-state index in [2.05, 4.69) is 5.16 Å². The van der Waals surface area contributed by atoms with Crippen LogP contribution in [0.1, 0.15) is 17.3 Å². The lowest BCUT2D eigenvalue weighted by molar-refractivity contribution is 0.101. The Bertz CT molecular complexity index is 771. The molecular weight excluding hydrogens is 266 g/mol. The number of ketones is 1. The molecule has 0 amide bonds. The Morgan fingerprint density at radius 3 is 2.24 bits per heavy atom. The SMILES string of the molecule is CC(=O)c1ccc(-c2cc(-c3ccc(O)cc3)on2)cc1. The van der Waals surface area contributed by atoms with Crippen molar-refractivity contribution in [1.29, 1.82) is 0 Å². The number of aromatic nitrogens is 1. The molecule has 4 heteroatoms. The van der Waals surface area contributed by atoms with E-state index < -0.39 is 0 Å². The van der Waals surface area contributed by atoms with E-state index in [0.717, 1.165) is 11.1 Å². The Morgan fingerprint density at radius 2 is 1.62 bits per heavy atom. The summed E-state index contributed by atoms with van der Waals surface area (Å²) >= 11 is 0. The van der Waals surface area contributed by atoms with Crippen LogP contribution in [-0.4, -0.2) is 16.0 Å².